The molecule has 1 rings (SSSR count). The normalized spacial score (nSPS) is 12.8. The predicted molar refractivity (Wildman–Crippen MR) is 76.4 cm³/mol. The smallest absolute Gasteiger partial charge is 0.128 e. The molecule has 2 N–H and O–H groups in total. The maximum absolute atomic E-state index is 13.6. The van der Waals surface area contributed by atoms with Gasteiger partial charge in [-0.25, -0.2) is 4.39 Å². The molecule has 5 heteroatoms. The maximum Gasteiger partial charge on any atom is 0.128 e. The summed E-state index contributed by atoms with van der Waals surface area (Å²) in [4.78, 5) is 2.50. The molecule has 0 amide bonds. The van der Waals surface area contributed by atoms with Crippen LogP contribution in [0.5, 0.6) is 0 Å². The van der Waals surface area contributed by atoms with Crippen molar-refractivity contribution in [1.29, 1.82) is 0 Å². The molecule has 0 aliphatic rings. The van der Waals surface area contributed by atoms with Crippen molar-refractivity contribution in [3.63, 3.8) is 0 Å². The van der Waals surface area contributed by atoms with Gasteiger partial charge in [-0.15, -0.1) is 0 Å². The highest BCUT2D eigenvalue weighted by Gasteiger charge is 2.11. The fraction of sp³-hybridized carbons (Fsp3) is 0.417. The van der Waals surface area contributed by atoms with E-state index in [0.29, 0.717) is 17.1 Å². The number of benzene rings is 1. The first-order valence-electron chi connectivity index (χ1n) is 5.32. The lowest BCUT2D eigenvalue weighted by molar-refractivity contribution is 0.303. The number of nitrogens with zero attached hydrogens (tertiary/aromatic N) is 1. The molecule has 0 aliphatic heterocycles. The second kappa shape index (κ2) is 6.42. The van der Waals surface area contributed by atoms with Crippen LogP contribution in [0.15, 0.2) is 22.7 Å². The van der Waals surface area contributed by atoms with E-state index in [2.05, 4.69) is 15.9 Å². The molecule has 0 heterocycles. The zero-order valence-corrected chi connectivity index (χ0v) is 12.3. The lowest BCUT2D eigenvalue weighted by Crippen LogP contribution is -2.31. The van der Waals surface area contributed by atoms with Crippen molar-refractivity contribution in [2.24, 2.45) is 11.7 Å². The number of nitrogens with two attached hydrogens (primary N) is 1. The predicted octanol–water partition coefficient (Wildman–Crippen LogP) is 2.94. The van der Waals surface area contributed by atoms with Gasteiger partial charge >= 0.3 is 0 Å². The lowest BCUT2D eigenvalue weighted by atomic mass is 10.1. The van der Waals surface area contributed by atoms with E-state index in [1.54, 1.807) is 6.07 Å². The van der Waals surface area contributed by atoms with Gasteiger partial charge in [0.2, 0.25) is 0 Å². The van der Waals surface area contributed by atoms with Crippen LogP contribution in [0.3, 0.4) is 0 Å². The summed E-state index contributed by atoms with van der Waals surface area (Å²) < 4.78 is 14.3. The van der Waals surface area contributed by atoms with Gasteiger partial charge in [0.15, 0.2) is 0 Å². The van der Waals surface area contributed by atoms with Crippen molar-refractivity contribution in [2.75, 3.05) is 13.6 Å². The number of thiocarbonyl (C=S) groups is 1. The highest BCUT2D eigenvalue weighted by atomic mass is 79.9. The fourth-order valence-electron chi connectivity index (χ4n) is 1.56. The van der Waals surface area contributed by atoms with Crippen molar-refractivity contribution in [1.82, 2.24) is 4.90 Å². The Labute approximate surface area is 115 Å². The highest BCUT2D eigenvalue weighted by Crippen LogP contribution is 2.16. The first kappa shape index (κ1) is 14.5. The second-order valence-electron chi connectivity index (χ2n) is 4.24. The molecule has 0 aromatic heterocycles. The van der Waals surface area contributed by atoms with E-state index >= 15 is 0 Å². The van der Waals surface area contributed by atoms with E-state index in [0.717, 1.165) is 11.0 Å². The number of hydrogen-bond acceptors (Lipinski definition) is 2. The Morgan fingerprint density at radius 2 is 2.24 bits per heavy atom. The quantitative estimate of drug-likeness (QED) is 0.846. The average molecular weight is 319 g/mol. The average Bonchev–Trinajstić information content (AvgIpc) is 2.22. The fourth-order valence-corrected chi connectivity index (χ4v) is 1.97. The molecule has 1 unspecified atom stereocenters. The van der Waals surface area contributed by atoms with Crippen molar-refractivity contribution >= 4 is 33.1 Å². The number of halogens is 2. The van der Waals surface area contributed by atoms with E-state index in [1.807, 2.05) is 24.9 Å². The largest absolute Gasteiger partial charge is 0.393 e. The van der Waals surface area contributed by atoms with Crippen LogP contribution in [0.2, 0.25) is 0 Å². The van der Waals surface area contributed by atoms with Crippen LogP contribution in [0.25, 0.3) is 0 Å². The summed E-state index contributed by atoms with van der Waals surface area (Å²) in [7, 11) is 1.93. The van der Waals surface area contributed by atoms with Gasteiger partial charge in [0, 0.05) is 29.0 Å². The molecule has 17 heavy (non-hydrogen) atoms. The van der Waals surface area contributed by atoms with Gasteiger partial charge in [-0.1, -0.05) is 41.1 Å². The van der Waals surface area contributed by atoms with Gasteiger partial charge < -0.3 is 10.6 Å². The van der Waals surface area contributed by atoms with Gasteiger partial charge in [-0.3, -0.25) is 0 Å². The van der Waals surface area contributed by atoms with Crippen molar-refractivity contribution in [3.8, 4) is 0 Å². The summed E-state index contributed by atoms with van der Waals surface area (Å²) in [6, 6.07) is 5.09. The monoisotopic (exact) mass is 318 g/mol. The Morgan fingerprint density at radius 1 is 1.59 bits per heavy atom. The summed E-state index contributed by atoms with van der Waals surface area (Å²) >= 11 is 8.15. The van der Waals surface area contributed by atoms with Crippen LogP contribution in [0, 0.1) is 11.7 Å². The summed E-state index contributed by atoms with van der Waals surface area (Å²) in [5.74, 6) is -0.0669. The van der Waals surface area contributed by atoms with Crippen molar-refractivity contribution in [3.05, 3.63) is 34.1 Å². The van der Waals surface area contributed by atoms with E-state index < -0.39 is 0 Å². The van der Waals surface area contributed by atoms with Crippen molar-refractivity contribution < 1.29 is 4.39 Å². The molecule has 0 spiro atoms. The minimum absolute atomic E-state index is 0.133. The molecule has 0 aliphatic carbocycles. The van der Waals surface area contributed by atoms with E-state index in [4.69, 9.17) is 18.0 Å². The van der Waals surface area contributed by atoms with E-state index in [1.165, 1.54) is 6.07 Å². The van der Waals surface area contributed by atoms with Gasteiger partial charge in [-0.2, -0.15) is 0 Å². The molecule has 1 aromatic rings. The first-order chi connectivity index (χ1) is 7.90. The molecule has 0 radical (unpaired) electrons. The molecule has 94 valence electrons. The SMILES string of the molecule is CC(CN(C)Cc1ccc(Br)cc1F)C(N)=S. The lowest BCUT2D eigenvalue weighted by Gasteiger charge is -2.20. The van der Waals surface area contributed by atoms with Gasteiger partial charge in [-0.05, 0) is 19.2 Å². The maximum atomic E-state index is 13.6. The Morgan fingerprint density at radius 3 is 2.76 bits per heavy atom. The third-order valence-electron chi connectivity index (χ3n) is 2.53. The molecular weight excluding hydrogens is 303 g/mol. The molecule has 1 aromatic carbocycles. The molecule has 1 atom stereocenters. The molecule has 0 saturated carbocycles. The third kappa shape index (κ3) is 4.69. The highest BCUT2D eigenvalue weighted by molar-refractivity contribution is 9.10. The summed E-state index contributed by atoms with van der Waals surface area (Å²) in [6.07, 6.45) is 0. The number of rotatable bonds is 5. The van der Waals surface area contributed by atoms with Crippen LogP contribution in [-0.2, 0) is 6.54 Å². The molecule has 2 nitrogen and oxygen atoms in total. The molecule has 0 fully saturated rings. The Bertz CT molecular complexity index is 411. The topological polar surface area (TPSA) is 29.3 Å². The standard InChI is InChI=1S/C12H16BrFN2S/c1-8(12(15)17)6-16(2)7-9-3-4-10(13)5-11(9)14/h3-5,8H,6-7H2,1-2H3,(H2,15,17). The van der Waals surface area contributed by atoms with Gasteiger partial charge in [0.1, 0.15) is 5.82 Å². The van der Waals surface area contributed by atoms with E-state index in [-0.39, 0.29) is 11.7 Å². The Hall–Kier alpha value is -0.520. The van der Waals surface area contributed by atoms with Crippen LogP contribution >= 0.6 is 28.1 Å². The zero-order chi connectivity index (χ0) is 13.0. The summed E-state index contributed by atoms with van der Waals surface area (Å²) in [6.45, 7) is 3.24. The summed E-state index contributed by atoms with van der Waals surface area (Å²) in [5.41, 5.74) is 6.22. The zero-order valence-electron chi connectivity index (χ0n) is 9.91. The minimum Gasteiger partial charge on any atom is -0.393 e. The third-order valence-corrected chi connectivity index (χ3v) is 3.42. The van der Waals surface area contributed by atoms with Crippen LogP contribution in [0.4, 0.5) is 4.39 Å². The Kier molecular flexibility index (Phi) is 5.49. The molecule has 0 saturated heterocycles. The van der Waals surface area contributed by atoms with Crippen LogP contribution < -0.4 is 5.73 Å². The van der Waals surface area contributed by atoms with Gasteiger partial charge in [0.25, 0.3) is 0 Å². The van der Waals surface area contributed by atoms with Crippen molar-refractivity contribution in [2.45, 2.75) is 13.5 Å². The minimum atomic E-state index is -0.200. The van der Waals surface area contributed by atoms with Gasteiger partial charge in [0.05, 0.1) is 4.99 Å². The molecule has 0 bridgehead atoms. The van der Waals surface area contributed by atoms with E-state index in [9.17, 15) is 4.39 Å². The Balaban J connectivity index is 2.62. The van der Waals surface area contributed by atoms with Crippen LogP contribution in [-0.4, -0.2) is 23.5 Å². The molecular formula is C12H16BrFN2S. The first-order valence-corrected chi connectivity index (χ1v) is 6.52. The summed E-state index contributed by atoms with van der Waals surface area (Å²) in [5, 5.41) is 0. The number of hydrogen-bond donors (Lipinski definition) is 1. The van der Waals surface area contributed by atoms with Crippen LogP contribution in [0.1, 0.15) is 12.5 Å². The second-order valence-corrected chi connectivity index (χ2v) is 5.62.